The molecule has 0 radical (unpaired) electrons. The van der Waals surface area contributed by atoms with Crippen LogP contribution in [-0.4, -0.2) is 9.13 Å². The van der Waals surface area contributed by atoms with Crippen molar-refractivity contribution in [3.05, 3.63) is 206 Å². The first-order valence-electron chi connectivity index (χ1n) is 19.5. The van der Waals surface area contributed by atoms with Gasteiger partial charge in [0.25, 0.3) is 0 Å². The maximum atomic E-state index is 6.37. The van der Waals surface area contributed by atoms with E-state index in [1.54, 1.807) is 0 Å². The van der Waals surface area contributed by atoms with Crippen LogP contribution in [0.4, 0.5) is 0 Å². The summed E-state index contributed by atoms with van der Waals surface area (Å²) in [6.07, 6.45) is 0. The van der Waals surface area contributed by atoms with E-state index in [4.69, 9.17) is 4.42 Å². The molecule has 266 valence electrons. The maximum Gasteiger partial charge on any atom is 0.135 e. The predicted octanol–water partition coefficient (Wildman–Crippen LogP) is 14.8. The van der Waals surface area contributed by atoms with E-state index in [1.807, 2.05) is 0 Å². The number of aromatic nitrogens is 2. The Hall–Kier alpha value is -7.62. The van der Waals surface area contributed by atoms with Gasteiger partial charge >= 0.3 is 0 Å². The summed E-state index contributed by atoms with van der Waals surface area (Å²) in [5.74, 6) is 0. The van der Waals surface area contributed by atoms with Gasteiger partial charge in [-0.15, -0.1) is 0 Å². The fraction of sp³-hybridized carbons (Fsp3) is 0. The molecule has 0 amide bonds. The lowest BCUT2D eigenvalue weighted by atomic mass is 9.96. The summed E-state index contributed by atoms with van der Waals surface area (Å²) < 4.78 is 11.2. The van der Waals surface area contributed by atoms with Gasteiger partial charge in [0.05, 0.1) is 22.1 Å². The highest BCUT2D eigenvalue weighted by Crippen LogP contribution is 2.40. The first kappa shape index (κ1) is 31.7. The van der Waals surface area contributed by atoms with E-state index in [9.17, 15) is 0 Å². The zero-order chi connectivity index (χ0) is 37.5. The molecule has 3 aromatic heterocycles. The summed E-state index contributed by atoms with van der Waals surface area (Å²) >= 11 is 0. The Bertz CT molecular complexity index is 3460. The molecule has 0 saturated carbocycles. The largest absolute Gasteiger partial charge is 0.456 e. The molecule has 0 fully saturated rings. The summed E-state index contributed by atoms with van der Waals surface area (Å²) in [6, 6.07) is 74.6. The Morgan fingerprint density at radius 1 is 0.246 bits per heavy atom. The van der Waals surface area contributed by atoms with Crippen molar-refractivity contribution < 1.29 is 4.42 Å². The molecule has 3 nitrogen and oxygen atoms in total. The van der Waals surface area contributed by atoms with Crippen molar-refractivity contribution in [3.63, 3.8) is 0 Å². The zero-order valence-corrected chi connectivity index (χ0v) is 30.9. The van der Waals surface area contributed by atoms with Crippen molar-refractivity contribution in [1.29, 1.82) is 0 Å². The number of rotatable bonds is 5. The second-order valence-electron chi connectivity index (χ2n) is 14.9. The molecule has 0 bridgehead atoms. The van der Waals surface area contributed by atoms with Gasteiger partial charge in [0, 0.05) is 43.7 Å². The Labute approximate surface area is 328 Å². The number of furan rings is 1. The number of benzene rings is 9. The number of hydrogen-bond donors (Lipinski definition) is 0. The monoisotopic (exact) mass is 726 g/mol. The van der Waals surface area contributed by atoms with Crippen LogP contribution in [0.2, 0.25) is 0 Å². The lowest BCUT2D eigenvalue weighted by Crippen LogP contribution is -1.96. The van der Waals surface area contributed by atoms with Gasteiger partial charge in [-0.2, -0.15) is 0 Å². The summed E-state index contributed by atoms with van der Waals surface area (Å²) in [7, 11) is 0. The molecule has 3 heterocycles. The van der Waals surface area contributed by atoms with E-state index in [-0.39, 0.29) is 0 Å². The Balaban J connectivity index is 1.05. The standard InChI is InChI=1S/C54H34N2O/c1-3-13-35(14-4-1)37-24-27-53-47(33-37)48-34-41(25-28-54(48)57-53)55-51-22-12-9-19-45(51)46-32-38(23-26-52(46)55)40-29-39(36-15-5-2-6-16-36)30-42(31-40)56-49-20-10-7-17-43(49)44-18-8-11-21-50(44)56/h1-34H. The fourth-order valence-corrected chi connectivity index (χ4v) is 9.05. The maximum absolute atomic E-state index is 6.37. The molecular weight excluding hydrogens is 693 g/mol. The van der Waals surface area contributed by atoms with Crippen molar-refractivity contribution in [1.82, 2.24) is 9.13 Å². The van der Waals surface area contributed by atoms with Gasteiger partial charge < -0.3 is 13.6 Å². The van der Waals surface area contributed by atoms with Crippen LogP contribution in [0.25, 0.3) is 110 Å². The molecule has 0 aliphatic rings. The number of nitrogens with zero attached hydrogens (tertiary/aromatic N) is 2. The van der Waals surface area contributed by atoms with Crippen LogP contribution >= 0.6 is 0 Å². The summed E-state index contributed by atoms with van der Waals surface area (Å²) in [6.45, 7) is 0. The van der Waals surface area contributed by atoms with Gasteiger partial charge in [-0.1, -0.05) is 127 Å². The summed E-state index contributed by atoms with van der Waals surface area (Å²) in [5.41, 5.74) is 15.9. The Morgan fingerprint density at radius 3 is 1.33 bits per heavy atom. The molecule has 3 heteroatoms. The molecule has 0 aliphatic heterocycles. The third kappa shape index (κ3) is 4.99. The van der Waals surface area contributed by atoms with Crippen LogP contribution in [0.1, 0.15) is 0 Å². The zero-order valence-electron chi connectivity index (χ0n) is 30.9. The molecule has 12 aromatic rings. The molecule has 57 heavy (non-hydrogen) atoms. The SMILES string of the molecule is c1ccc(-c2cc(-c3ccc4c(c3)c3ccccc3n4-c3ccc4oc5ccc(-c6ccccc6)cc5c4c3)cc(-n3c4ccccc4c4ccccc43)c2)cc1. The Kier molecular flexibility index (Phi) is 6.93. The molecular formula is C54H34N2O. The predicted molar refractivity (Wildman–Crippen MR) is 239 cm³/mol. The highest BCUT2D eigenvalue weighted by atomic mass is 16.3. The van der Waals surface area contributed by atoms with Gasteiger partial charge in [0.15, 0.2) is 0 Å². The summed E-state index contributed by atoms with van der Waals surface area (Å²) in [5, 5.41) is 7.18. The second-order valence-corrected chi connectivity index (χ2v) is 14.9. The first-order chi connectivity index (χ1) is 28.2. The molecule has 0 N–H and O–H groups in total. The molecule has 12 rings (SSSR count). The number of para-hydroxylation sites is 3. The Morgan fingerprint density at radius 2 is 0.684 bits per heavy atom. The minimum Gasteiger partial charge on any atom is -0.456 e. The van der Waals surface area contributed by atoms with Gasteiger partial charge in [-0.3, -0.25) is 0 Å². The first-order valence-corrected chi connectivity index (χ1v) is 19.5. The van der Waals surface area contributed by atoms with Gasteiger partial charge in [0.2, 0.25) is 0 Å². The van der Waals surface area contributed by atoms with Crippen molar-refractivity contribution in [2.45, 2.75) is 0 Å². The van der Waals surface area contributed by atoms with E-state index >= 15 is 0 Å². The molecule has 0 atom stereocenters. The summed E-state index contributed by atoms with van der Waals surface area (Å²) in [4.78, 5) is 0. The third-order valence-corrected chi connectivity index (χ3v) is 11.7. The second kappa shape index (κ2) is 12.5. The highest BCUT2D eigenvalue weighted by Gasteiger charge is 2.18. The van der Waals surface area contributed by atoms with Crippen LogP contribution < -0.4 is 0 Å². The lowest BCUT2D eigenvalue weighted by Gasteiger charge is -2.14. The highest BCUT2D eigenvalue weighted by molar-refractivity contribution is 6.12. The van der Waals surface area contributed by atoms with Crippen LogP contribution in [-0.2, 0) is 0 Å². The molecule has 0 unspecified atom stereocenters. The van der Waals surface area contributed by atoms with Crippen molar-refractivity contribution >= 4 is 65.6 Å². The fourth-order valence-electron chi connectivity index (χ4n) is 9.05. The van der Waals surface area contributed by atoms with E-state index in [1.165, 1.54) is 77.0 Å². The van der Waals surface area contributed by atoms with E-state index < -0.39 is 0 Å². The van der Waals surface area contributed by atoms with E-state index in [0.717, 1.165) is 33.3 Å². The van der Waals surface area contributed by atoms with E-state index in [2.05, 4.69) is 215 Å². The van der Waals surface area contributed by atoms with Crippen LogP contribution in [0.5, 0.6) is 0 Å². The number of hydrogen-bond acceptors (Lipinski definition) is 1. The molecule has 9 aromatic carbocycles. The number of fused-ring (bicyclic) bond motifs is 9. The minimum absolute atomic E-state index is 0.888. The molecule has 0 saturated heterocycles. The van der Waals surface area contributed by atoms with Gasteiger partial charge in [0.1, 0.15) is 11.2 Å². The van der Waals surface area contributed by atoms with Gasteiger partial charge in [-0.05, 0) is 112 Å². The lowest BCUT2D eigenvalue weighted by molar-refractivity contribution is 0.669. The molecule has 0 spiro atoms. The third-order valence-electron chi connectivity index (χ3n) is 11.7. The van der Waals surface area contributed by atoms with Crippen LogP contribution in [0.15, 0.2) is 211 Å². The topological polar surface area (TPSA) is 23.0 Å². The average Bonchev–Trinajstić information content (AvgIpc) is 3.94. The minimum atomic E-state index is 0.888. The molecule has 0 aliphatic carbocycles. The van der Waals surface area contributed by atoms with E-state index in [0.29, 0.717) is 0 Å². The van der Waals surface area contributed by atoms with Crippen molar-refractivity contribution in [3.8, 4) is 44.8 Å². The van der Waals surface area contributed by atoms with Gasteiger partial charge in [-0.25, -0.2) is 0 Å². The van der Waals surface area contributed by atoms with Crippen LogP contribution in [0.3, 0.4) is 0 Å². The van der Waals surface area contributed by atoms with Crippen molar-refractivity contribution in [2.75, 3.05) is 0 Å². The quantitative estimate of drug-likeness (QED) is 0.173. The smallest absolute Gasteiger partial charge is 0.135 e. The van der Waals surface area contributed by atoms with Crippen LogP contribution in [0, 0.1) is 0 Å². The van der Waals surface area contributed by atoms with Crippen molar-refractivity contribution in [2.24, 2.45) is 0 Å². The average molecular weight is 727 g/mol. The normalized spacial score (nSPS) is 11.9.